The molecule has 0 spiro atoms. The summed E-state index contributed by atoms with van der Waals surface area (Å²) in [4.78, 5) is 0. The predicted octanol–water partition coefficient (Wildman–Crippen LogP) is 4.15. The van der Waals surface area contributed by atoms with Gasteiger partial charge in [0, 0.05) is 5.56 Å². The Balaban J connectivity index is 2.33. The van der Waals surface area contributed by atoms with Gasteiger partial charge in [-0.2, -0.15) is 5.26 Å². The van der Waals surface area contributed by atoms with Gasteiger partial charge in [0.05, 0.1) is 17.3 Å². The number of nitrogens with zero attached hydrogens (tertiary/aromatic N) is 1. The molecule has 0 radical (unpaired) electrons. The van der Waals surface area contributed by atoms with E-state index < -0.39 is 23.5 Å². The molecule has 0 amide bonds. The average Bonchev–Trinajstić information content (AvgIpc) is 2.40. The van der Waals surface area contributed by atoms with Crippen molar-refractivity contribution in [3.05, 3.63) is 65.0 Å². The second-order valence-corrected chi connectivity index (χ2v) is 4.30. The van der Waals surface area contributed by atoms with Crippen molar-refractivity contribution in [3.63, 3.8) is 0 Å². The van der Waals surface area contributed by atoms with Crippen LogP contribution >= 0.6 is 0 Å². The largest absolute Gasteiger partial charge is 0.377 e. The molecule has 0 fully saturated rings. The zero-order valence-corrected chi connectivity index (χ0v) is 10.6. The lowest BCUT2D eigenvalue weighted by molar-refractivity contribution is 0.544. The van der Waals surface area contributed by atoms with E-state index in [2.05, 4.69) is 5.32 Å². The normalized spacial score (nSPS) is 11.8. The quantitative estimate of drug-likeness (QED) is 0.914. The topological polar surface area (TPSA) is 35.8 Å². The van der Waals surface area contributed by atoms with Crippen LogP contribution in [0.25, 0.3) is 0 Å². The fraction of sp³-hybridized carbons (Fsp3) is 0.133. The van der Waals surface area contributed by atoms with E-state index in [9.17, 15) is 13.2 Å². The molecule has 1 atom stereocenters. The fourth-order valence-electron chi connectivity index (χ4n) is 1.96. The Labute approximate surface area is 114 Å². The number of rotatable bonds is 3. The molecular formula is C15H11F3N2. The summed E-state index contributed by atoms with van der Waals surface area (Å²) in [5, 5.41) is 11.7. The summed E-state index contributed by atoms with van der Waals surface area (Å²) in [6.45, 7) is 1.56. The monoisotopic (exact) mass is 276 g/mol. The molecule has 0 aliphatic heterocycles. The Kier molecular flexibility index (Phi) is 3.94. The van der Waals surface area contributed by atoms with Crippen molar-refractivity contribution in [1.29, 1.82) is 5.26 Å². The molecule has 0 aliphatic carbocycles. The molecule has 2 nitrogen and oxygen atoms in total. The highest BCUT2D eigenvalue weighted by Gasteiger charge is 2.17. The molecule has 0 aromatic heterocycles. The van der Waals surface area contributed by atoms with Crippen molar-refractivity contribution >= 4 is 5.69 Å². The van der Waals surface area contributed by atoms with Crippen LogP contribution in [-0.4, -0.2) is 0 Å². The highest BCUT2D eigenvalue weighted by atomic mass is 19.1. The van der Waals surface area contributed by atoms with E-state index in [0.717, 1.165) is 18.2 Å². The summed E-state index contributed by atoms with van der Waals surface area (Å²) >= 11 is 0. The zero-order chi connectivity index (χ0) is 14.7. The lowest BCUT2D eigenvalue weighted by atomic mass is 10.1. The van der Waals surface area contributed by atoms with E-state index in [4.69, 9.17) is 5.26 Å². The van der Waals surface area contributed by atoms with Gasteiger partial charge >= 0.3 is 0 Å². The summed E-state index contributed by atoms with van der Waals surface area (Å²) in [6.07, 6.45) is 0. The first-order chi connectivity index (χ1) is 9.52. The first-order valence-corrected chi connectivity index (χ1v) is 5.93. The first-order valence-electron chi connectivity index (χ1n) is 5.93. The maximum absolute atomic E-state index is 13.6. The Morgan fingerprint density at radius 2 is 1.75 bits per heavy atom. The SMILES string of the molecule is CC(Nc1ccc(F)cc1C#N)c1c(F)cccc1F. The summed E-state index contributed by atoms with van der Waals surface area (Å²) in [6, 6.07) is 8.33. The van der Waals surface area contributed by atoms with Crippen LogP contribution in [-0.2, 0) is 0 Å². The second-order valence-electron chi connectivity index (χ2n) is 4.30. The summed E-state index contributed by atoms with van der Waals surface area (Å²) in [5.41, 5.74) is 0.276. The van der Waals surface area contributed by atoms with Crippen LogP contribution in [0.5, 0.6) is 0 Å². The molecule has 102 valence electrons. The number of benzene rings is 2. The Morgan fingerprint density at radius 1 is 1.10 bits per heavy atom. The maximum atomic E-state index is 13.6. The Bertz CT molecular complexity index is 657. The molecule has 20 heavy (non-hydrogen) atoms. The smallest absolute Gasteiger partial charge is 0.131 e. The molecule has 5 heteroatoms. The summed E-state index contributed by atoms with van der Waals surface area (Å²) in [7, 11) is 0. The summed E-state index contributed by atoms with van der Waals surface area (Å²) in [5.74, 6) is -1.90. The van der Waals surface area contributed by atoms with Gasteiger partial charge in [-0.05, 0) is 37.3 Å². The van der Waals surface area contributed by atoms with Crippen molar-refractivity contribution in [2.24, 2.45) is 0 Å². The van der Waals surface area contributed by atoms with Gasteiger partial charge in [0.25, 0.3) is 0 Å². The molecule has 2 aromatic carbocycles. The van der Waals surface area contributed by atoms with Gasteiger partial charge in [-0.15, -0.1) is 0 Å². The minimum absolute atomic E-state index is 0.0774. The molecule has 0 bridgehead atoms. The average molecular weight is 276 g/mol. The highest BCUT2D eigenvalue weighted by Crippen LogP contribution is 2.26. The van der Waals surface area contributed by atoms with Crippen molar-refractivity contribution in [3.8, 4) is 6.07 Å². The third-order valence-electron chi connectivity index (χ3n) is 2.91. The fourth-order valence-corrected chi connectivity index (χ4v) is 1.96. The van der Waals surface area contributed by atoms with Crippen LogP contribution in [0, 0.1) is 28.8 Å². The van der Waals surface area contributed by atoms with Crippen LogP contribution < -0.4 is 5.32 Å². The van der Waals surface area contributed by atoms with Crippen molar-refractivity contribution in [2.45, 2.75) is 13.0 Å². The molecule has 0 aliphatic rings. The van der Waals surface area contributed by atoms with Crippen LogP contribution in [0.2, 0.25) is 0 Å². The van der Waals surface area contributed by atoms with E-state index in [1.54, 1.807) is 6.92 Å². The third-order valence-corrected chi connectivity index (χ3v) is 2.91. The summed E-state index contributed by atoms with van der Waals surface area (Å²) < 4.78 is 40.3. The number of hydrogen-bond acceptors (Lipinski definition) is 2. The van der Waals surface area contributed by atoms with Gasteiger partial charge in [-0.25, -0.2) is 13.2 Å². The zero-order valence-electron chi connectivity index (χ0n) is 10.6. The van der Waals surface area contributed by atoms with Crippen molar-refractivity contribution < 1.29 is 13.2 Å². The number of halogens is 3. The van der Waals surface area contributed by atoms with Gasteiger partial charge in [0.15, 0.2) is 0 Å². The van der Waals surface area contributed by atoms with Gasteiger partial charge in [-0.3, -0.25) is 0 Å². The minimum atomic E-state index is -0.700. The molecule has 2 aromatic rings. The lowest BCUT2D eigenvalue weighted by Gasteiger charge is -2.18. The maximum Gasteiger partial charge on any atom is 0.131 e. The highest BCUT2D eigenvalue weighted by molar-refractivity contribution is 5.58. The van der Waals surface area contributed by atoms with Gasteiger partial charge < -0.3 is 5.32 Å². The lowest BCUT2D eigenvalue weighted by Crippen LogP contribution is -2.11. The Hall–Kier alpha value is -2.48. The van der Waals surface area contributed by atoms with Crippen LogP contribution in [0.4, 0.5) is 18.9 Å². The standard InChI is InChI=1S/C15H11F3N2/c1-9(15-12(17)3-2-4-13(15)18)20-14-6-5-11(16)7-10(14)8-19/h2-7,9,20H,1H3. The predicted molar refractivity (Wildman–Crippen MR) is 69.5 cm³/mol. The van der Waals surface area contributed by atoms with Crippen LogP contribution in [0.15, 0.2) is 36.4 Å². The molecule has 1 unspecified atom stereocenters. The first kappa shape index (κ1) is 13.9. The van der Waals surface area contributed by atoms with Crippen LogP contribution in [0.1, 0.15) is 24.1 Å². The van der Waals surface area contributed by atoms with Gasteiger partial charge in [-0.1, -0.05) is 6.07 Å². The van der Waals surface area contributed by atoms with Crippen LogP contribution in [0.3, 0.4) is 0 Å². The number of nitrogens with one attached hydrogen (secondary N) is 1. The van der Waals surface area contributed by atoms with Crippen molar-refractivity contribution in [2.75, 3.05) is 5.32 Å². The molecular weight excluding hydrogens is 265 g/mol. The Morgan fingerprint density at radius 3 is 2.35 bits per heavy atom. The molecule has 2 rings (SSSR count). The molecule has 0 heterocycles. The number of anilines is 1. The van der Waals surface area contributed by atoms with E-state index in [-0.39, 0.29) is 11.1 Å². The molecule has 0 saturated heterocycles. The van der Waals surface area contributed by atoms with E-state index in [1.165, 1.54) is 18.2 Å². The van der Waals surface area contributed by atoms with E-state index in [1.807, 2.05) is 6.07 Å². The molecule has 1 N–H and O–H groups in total. The second kappa shape index (κ2) is 5.66. The minimum Gasteiger partial charge on any atom is -0.377 e. The van der Waals surface area contributed by atoms with Gasteiger partial charge in [0.2, 0.25) is 0 Å². The third kappa shape index (κ3) is 2.75. The van der Waals surface area contributed by atoms with Crippen molar-refractivity contribution in [1.82, 2.24) is 0 Å². The number of hydrogen-bond donors (Lipinski definition) is 1. The molecule has 0 saturated carbocycles. The van der Waals surface area contributed by atoms with E-state index in [0.29, 0.717) is 5.69 Å². The number of nitriles is 1. The van der Waals surface area contributed by atoms with Gasteiger partial charge in [0.1, 0.15) is 23.5 Å². The van der Waals surface area contributed by atoms with E-state index >= 15 is 0 Å².